The van der Waals surface area contributed by atoms with Crippen LogP contribution in [0.3, 0.4) is 0 Å². The standard InChI is InChI=1S/C72H48N2O/c1-4-16-49(17-5-1)51-30-36-62(37-31-51)73(61-23-8-3-9-24-61)64-25-15-22-55(46-64)53-20-14-21-54(42-53)58-43-59(56-35-41-72-68(47-56)67-27-11-13-29-71(67)75-72)45-60(44-58)57-34-40-66-65-26-10-12-28-69(65)74(70(66)48-57)63-38-32-52(33-39-63)50-18-6-2-7-19-50/h1-48H. The van der Waals surface area contributed by atoms with Crippen molar-refractivity contribution in [2.24, 2.45) is 0 Å². The lowest BCUT2D eigenvalue weighted by molar-refractivity contribution is 0.669. The fourth-order valence-corrected chi connectivity index (χ4v) is 11.1. The third kappa shape index (κ3) is 8.14. The van der Waals surface area contributed by atoms with E-state index >= 15 is 0 Å². The van der Waals surface area contributed by atoms with Crippen molar-refractivity contribution in [3.05, 3.63) is 291 Å². The third-order valence-corrected chi connectivity index (χ3v) is 14.8. The van der Waals surface area contributed by atoms with Gasteiger partial charge in [0.1, 0.15) is 11.2 Å². The molecule has 0 amide bonds. The van der Waals surface area contributed by atoms with Gasteiger partial charge in [-0.3, -0.25) is 0 Å². The molecule has 3 heteroatoms. The smallest absolute Gasteiger partial charge is 0.135 e. The second-order valence-corrected chi connectivity index (χ2v) is 19.3. The van der Waals surface area contributed by atoms with Gasteiger partial charge < -0.3 is 13.9 Å². The molecule has 0 aliphatic rings. The highest BCUT2D eigenvalue weighted by atomic mass is 16.3. The Bertz CT molecular complexity index is 4380. The number of benzene rings is 12. The molecule has 0 atom stereocenters. The molecule has 0 fully saturated rings. The lowest BCUT2D eigenvalue weighted by atomic mass is 9.91. The first-order valence-electron chi connectivity index (χ1n) is 25.6. The molecule has 352 valence electrons. The normalized spacial score (nSPS) is 11.5. The Hall–Kier alpha value is -9.96. The molecule has 0 saturated carbocycles. The second-order valence-electron chi connectivity index (χ2n) is 19.3. The Morgan fingerprint density at radius 2 is 0.653 bits per heavy atom. The van der Waals surface area contributed by atoms with Crippen LogP contribution in [-0.4, -0.2) is 4.57 Å². The highest BCUT2D eigenvalue weighted by molar-refractivity contribution is 6.11. The molecule has 75 heavy (non-hydrogen) atoms. The van der Waals surface area contributed by atoms with Crippen molar-refractivity contribution in [1.82, 2.24) is 4.57 Å². The first-order valence-corrected chi connectivity index (χ1v) is 25.6. The minimum atomic E-state index is 0.886. The second kappa shape index (κ2) is 18.6. The van der Waals surface area contributed by atoms with Gasteiger partial charge in [0, 0.05) is 44.3 Å². The first kappa shape index (κ1) is 43.8. The van der Waals surface area contributed by atoms with Crippen molar-refractivity contribution in [3.63, 3.8) is 0 Å². The van der Waals surface area contributed by atoms with Crippen LogP contribution in [0.25, 0.3) is 116 Å². The van der Waals surface area contributed by atoms with E-state index in [0.717, 1.165) is 94.7 Å². The van der Waals surface area contributed by atoms with E-state index in [9.17, 15) is 0 Å². The Kier molecular flexibility index (Phi) is 10.8. The minimum absolute atomic E-state index is 0.886. The van der Waals surface area contributed by atoms with Crippen LogP contribution in [0, 0.1) is 0 Å². The van der Waals surface area contributed by atoms with Gasteiger partial charge in [0.2, 0.25) is 0 Å². The molecule has 2 heterocycles. The van der Waals surface area contributed by atoms with Gasteiger partial charge in [-0.15, -0.1) is 0 Å². The summed E-state index contributed by atoms with van der Waals surface area (Å²) in [5.74, 6) is 0. The monoisotopic (exact) mass is 956 g/mol. The number of fused-ring (bicyclic) bond motifs is 6. The van der Waals surface area contributed by atoms with E-state index in [4.69, 9.17) is 4.42 Å². The number of aromatic nitrogens is 1. The summed E-state index contributed by atoms with van der Waals surface area (Å²) in [5.41, 5.74) is 22.4. The predicted octanol–water partition coefficient (Wildman–Crippen LogP) is 20.2. The SMILES string of the molecule is c1ccc(-c2ccc(N(c3ccccc3)c3cccc(-c4cccc(-c5cc(-c6ccc7oc8ccccc8c7c6)cc(-c6ccc7c8ccccc8n(-c8ccc(-c9ccccc9)cc8)c7c6)c5)c4)c3)cc2)cc1. The van der Waals surface area contributed by atoms with Crippen LogP contribution in [0.5, 0.6) is 0 Å². The summed E-state index contributed by atoms with van der Waals surface area (Å²) in [6, 6.07) is 105. The molecule has 14 aromatic rings. The average Bonchev–Trinajstić information content (AvgIpc) is 4.04. The number of hydrogen-bond acceptors (Lipinski definition) is 2. The lowest BCUT2D eigenvalue weighted by Crippen LogP contribution is -2.09. The molecule has 0 aliphatic carbocycles. The van der Waals surface area contributed by atoms with Gasteiger partial charge in [-0.2, -0.15) is 0 Å². The number of rotatable bonds is 10. The summed E-state index contributed by atoms with van der Waals surface area (Å²) in [6.07, 6.45) is 0. The van der Waals surface area contributed by atoms with Gasteiger partial charge in [-0.05, 0) is 170 Å². The predicted molar refractivity (Wildman–Crippen MR) is 315 cm³/mol. The van der Waals surface area contributed by atoms with Crippen LogP contribution < -0.4 is 4.90 Å². The summed E-state index contributed by atoms with van der Waals surface area (Å²) < 4.78 is 8.73. The molecular formula is C72H48N2O. The van der Waals surface area contributed by atoms with Crippen LogP contribution in [0.4, 0.5) is 17.1 Å². The van der Waals surface area contributed by atoms with E-state index in [2.05, 4.69) is 289 Å². The summed E-state index contributed by atoms with van der Waals surface area (Å²) >= 11 is 0. The lowest BCUT2D eigenvalue weighted by Gasteiger charge is -2.26. The summed E-state index contributed by atoms with van der Waals surface area (Å²) in [7, 11) is 0. The molecule has 0 bridgehead atoms. The minimum Gasteiger partial charge on any atom is -0.456 e. The zero-order chi connectivity index (χ0) is 49.7. The topological polar surface area (TPSA) is 21.3 Å². The Morgan fingerprint density at radius 3 is 1.35 bits per heavy atom. The Labute approximate surface area is 436 Å². The van der Waals surface area contributed by atoms with Crippen molar-refractivity contribution in [2.45, 2.75) is 0 Å². The van der Waals surface area contributed by atoms with Crippen LogP contribution in [0.1, 0.15) is 0 Å². The van der Waals surface area contributed by atoms with Crippen LogP contribution in [0.2, 0.25) is 0 Å². The maximum atomic E-state index is 6.32. The van der Waals surface area contributed by atoms with Crippen LogP contribution in [0.15, 0.2) is 296 Å². The maximum Gasteiger partial charge on any atom is 0.135 e. The van der Waals surface area contributed by atoms with Crippen LogP contribution in [-0.2, 0) is 0 Å². The van der Waals surface area contributed by atoms with E-state index in [1.54, 1.807) is 0 Å². The zero-order valence-corrected chi connectivity index (χ0v) is 41.0. The molecule has 14 rings (SSSR count). The maximum absolute atomic E-state index is 6.32. The molecule has 2 aromatic heterocycles. The van der Waals surface area contributed by atoms with Gasteiger partial charge in [-0.25, -0.2) is 0 Å². The Balaban J connectivity index is 0.891. The van der Waals surface area contributed by atoms with Crippen molar-refractivity contribution >= 4 is 60.8 Å². The summed E-state index contributed by atoms with van der Waals surface area (Å²) in [4.78, 5) is 2.34. The Morgan fingerprint density at radius 1 is 0.227 bits per heavy atom. The van der Waals surface area contributed by atoms with Gasteiger partial charge in [0.05, 0.1) is 11.0 Å². The molecule has 0 N–H and O–H groups in total. The number of anilines is 3. The summed E-state index contributed by atoms with van der Waals surface area (Å²) in [6.45, 7) is 0. The molecule has 3 nitrogen and oxygen atoms in total. The van der Waals surface area contributed by atoms with Gasteiger partial charge in [0.15, 0.2) is 0 Å². The van der Waals surface area contributed by atoms with Crippen molar-refractivity contribution < 1.29 is 4.42 Å². The molecule has 0 aliphatic heterocycles. The van der Waals surface area contributed by atoms with Gasteiger partial charge in [-0.1, -0.05) is 188 Å². The quantitative estimate of drug-likeness (QED) is 0.136. The molecule has 0 unspecified atom stereocenters. The molecular weight excluding hydrogens is 909 g/mol. The zero-order valence-electron chi connectivity index (χ0n) is 41.0. The average molecular weight is 957 g/mol. The van der Waals surface area contributed by atoms with Gasteiger partial charge in [0.25, 0.3) is 0 Å². The van der Waals surface area contributed by atoms with Crippen molar-refractivity contribution in [2.75, 3.05) is 4.90 Å². The molecule has 12 aromatic carbocycles. The third-order valence-electron chi connectivity index (χ3n) is 14.8. The van der Waals surface area contributed by atoms with E-state index in [1.807, 2.05) is 12.1 Å². The van der Waals surface area contributed by atoms with E-state index in [0.29, 0.717) is 0 Å². The van der Waals surface area contributed by atoms with E-state index < -0.39 is 0 Å². The van der Waals surface area contributed by atoms with Crippen LogP contribution >= 0.6 is 0 Å². The fraction of sp³-hybridized carbons (Fsp3) is 0. The fourth-order valence-electron chi connectivity index (χ4n) is 11.1. The van der Waals surface area contributed by atoms with E-state index in [1.165, 1.54) is 38.5 Å². The molecule has 0 saturated heterocycles. The van der Waals surface area contributed by atoms with Gasteiger partial charge >= 0.3 is 0 Å². The number of nitrogens with zero attached hydrogens (tertiary/aromatic N) is 2. The molecule has 0 radical (unpaired) electrons. The highest BCUT2D eigenvalue weighted by Gasteiger charge is 2.18. The number of furan rings is 1. The van der Waals surface area contributed by atoms with Crippen molar-refractivity contribution in [1.29, 1.82) is 0 Å². The first-order chi connectivity index (χ1) is 37.1. The molecule has 0 spiro atoms. The van der Waals surface area contributed by atoms with E-state index in [-0.39, 0.29) is 0 Å². The number of hydrogen-bond donors (Lipinski definition) is 0. The van der Waals surface area contributed by atoms with Crippen molar-refractivity contribution in [3.8, 4) is 72.4 Å². The summed E-state index contributed by atoms with van der Waals surface area (Å²) in [5, 5.41) is 4.68. The number of para-hydroxylation sites is 3. The largest absolute Gasteiger partial charge is 0.456 e. The highest BCUT2D eigenvalue weighted by Crippen LogP contribution is 2.42.